The molecule has 4 amide bonds. The zero-order chi connectivity index (χ0) is 19.6. The molecule has 1 aliphatic heterocycles. The largest absolute Gasteiger partial charge is 0.354 e. The number of nitrogens with one attached hydrogen (secondary N) is 2. The van der Waals surface area contributed by atoms with Crippen molar-refractivity contribution in [2.24, 2.45) is 0 Å². The van der Waals surface area contributed by atoms with Crippen LogP contribution in [0.15, 0.2) is 35.7 Å². The molecule has 1 saturated heterocycles. The molecular formula is C18H17F2N3O3S. The van der Waals surface area contributed by atoms with E-state index >= 15 is 0 Å². The van der Waals surface area contributed by atoms with Crippen LogP contribution in [0, 0.1) is 11.6 Å². The number of urea groups is 1. The monoisotopic (exact) mass is 393 g/mol. The summed E-state index contributed by atoms with van der Waals surface area (Å²) in [6.07, 6.45) is 0.635. The molecule has 1 atom stereocenters. The second kappa shape index (κ2) is 7.43. The fourth-order valence-electron chi connectivity index (χ4n) is 2.88. The number of benzene rings is 1. The van der Waals surface area contributed by atoms with Crippen LogP contribution in [0.5, 0.6) is 0 Å². The van der Waals surface area contributed by atoms with Gasteiger partial charge >= 0.3 is 6.03 Å². The molecule has 2 aromatic rings. The first-order valence-electron chi connectivity index (χ1n) is 8.20. The summed E-state index contributed by atoms with van der Waals surface area (Å²) in [4.78, 5) is 38.7. The van der Waals surface area contributed by atoms with Gasteiger partial charge in [0.05, 0.1) is 0 Å². The SMILES string of the molecule is C[C@@]1(c2cc(F)ccc2F)NC(=O)N(CC(=O)NCCc2cccs2)C1=O. The molecule has 0 saturated carbocycles. The lowest BCUT2D eigenvalue weighted by molar-refractivity contribution is -0.134. The van der Waals surface area contributed by atoms with Crippen molar-refractivity contribution in [3.63, 3.8) is 0 Å². The normalized spacial score (nSPS) is 19.3. The van der Waals surface area contributed by atoms with Crippen LogP contribution in [0.4, 0.5) is 13.6 Å². The lowest BCUT2D eigenvalue weighted by Gasteiger charge is -2.22. The molecule has 1 aromatic carbocycles. The zero-order valence-electron chi connectivity index (χ0n) is 14.4. The van der Waals surface area contributed by atoms with Crippen LogP contribution in [-0.4, -0.2) is 35.8 Å². The van der Waals surface area contributed by atoms with E-state index in [-0.39, 0.29) is 5.56 Å². The Labute approximate surface area is 158 Å². The third kappa shape index (κ3) is 3.82. The predicted octanol–water partition coefficient (Wildman–Crippen LogP) is 2.15. The molecular weight excluding hydrogens is 376 g/mol. The number of halogens is 2. The maximum absolute atomic E-state index is 14.1. The Balaban J connectivity index is 1.66. The Morgan fingerprint density at radius 3 is 2.78 bits per heavy atom. The Morgan fingerprint density at radius 1 is 1.30 bits per heavy atom. The average molecular weight is 393 g/mol. The van der Waals surface area contributed by atoms with Crippen molar-refractivity contribution in [2.75, 3.05) is 13.1 Å². The van der Waals surface area contributed by atoms with Gasteiger partial charge in [-0.25, -0.2) is 13.6 Å². The van der Waals surface area contributed by atoms with Gasteiger partial charge in [-0.1, -0.05) is 6.07 Å². The summed E-state index contributed by atoms with van der Waals surface area (Å²) in [5.74, 6) is -2.89. The van der Waals surface area contributed by atoms with E-state index < -0.39 is 41.6 Å². The summed E-state index contributed by atoms with van der Waals surface area (Å²) in [6.45, 7) is 1.14. The van der Waals surface area contributed by atoms with Gasteiger partial charge in [0.1, 0.15) is 23.7 Å². The first-order chi connectivity index (χ1) is 12.8. The summed E-state index contributed by atoms with van der Waals surface area (Å²) in [7, 11) is 0. The minimum Gasteiger partial charge on any atom is -0.354 e. The molecule has 1 fully saturated rings. The second-order valence-corrected chi connectivity index (χ2v) is 7.28. The van der Waals surface area contributed by atoms with Crippen molar-refractivity contribution >= 4 is 29.2 Å². The lowest BCUT2D eigenvalue weighted by Crippen LogP contribution is -2.44. The number of carbonyl (C=O) groups is 3. The molecule has 2 heterocycles. The van der Waals surface area contributed by atoms with Gasteiger partial charge in [0.2, 0.25) is 5.91 Å². The van der Waals surface area contributed by atoms with E-state index in [0.29, 0.717) is 17.9 Å². The van der Waals surface area contributed by atoms with Gasteiger partial charge in [-0.15, -0.1) is 11.3 Å². The number of hydrogen-bond acceptors (Lipinski definition) is 4. The summed E-state index contributed by atoms with van der Waals surface area (Å²) in [5.41, 5.74) is -2.07. The first kappa shape index (κ1) is 19.0. The van der Waals surface area contributed by atoms with Crippen LogP contribution in [0.25, 0.3) is 0 Å². The molecule has 9 heteroatoms. The molecule has 27 heavy (non-hydrogen) atoms. The number of carbonyl (C=O) groups excluding carboxylic acids is 3. The van der Waals surface area contributed by atoms with E-state index in [1.54, 1.807) is 11.3 Å². The van der Waals surface area contributed by atoms with E-state index in [0.717, 1.165) is 23.1 Å². The maximum Gasteiger partial charge on any atom is 0.325 e. The van der Waals surface area contributed by atoms with E-state index in [1.165, 1.54) is 6.92 Å². The summed E-state index contributed by atoms with van der Waals surface area (Å²) < 4.78 is 27.6. The number of hydrogen-bond donors (Lipinski definition) is 2. The quantitative estimate of drug-likeness (QED) is 0.739. The van der Waals surface area contributed by atoms with Gasteiger partial charge < -0.3 is 10.6 Å². The lowest BCUT2D eigenvalue weighted by atomic mass is 9.91. The smallest absolute Gasteiger partial charge is 0.325 e. The van der Waals surface area contributed by atoms with Crippen LogP contribution in [0.1, 0.15) is 17.4 Å². The topological polar surface area (TPSA) is 78.5 Å². The summed E-state index contributed by atoms with van der Waals surface area (Å²) in [6, 6.07) is 5.67. The number of amides is 4. The van der Waals surface area contributed by atoms with Gasteiger partial charge in [-0.2, -0.15) is 0 Å². The molecule has 142 valence electrons. The Bertz CT molecular complexity index is 888. The maximum atomic E-state index is 14.1. The molecule has 0 unspecified atom stereocenters. The fraction of sp³-hybridized carbons (Fsp3) is 0.278. The van der Waals surface area contributed by atoms with Crippen LogP contribution in [-0.2, 0) is 21.5 Å². The van der Waals surface area contributed by atoms with Crippen molar-refractivity contribution in [1.29, 1.82) is 0 Å². The molecule has 0 aliphatic carbocycles. The van der Waals surface area contributed by atoms with Crippen LogP contribution >= 0.6 is 11.3 Å². The molecule has 1 aliphatic rings. The van der Waals surface area contributed by atoms with Crippen LogP contribution < -0.4 is 10.6 Å². The van der Waals surface area contributed by atoms with Gasteiger partial charge in [0.15, 0.2) is 0 Å². The molecule has 2 N–H and O–H groups in total. The standard InChI is InChI=1S/C18H17F2N3O3S/c1-18(13-9-11(19)4-5-14(13)20)16(25)23(17(26)22-18)10-15(24)21-7-6-12-3-2-8-27-12/h2-5,8-9H,6-7,10H2,1H3,(H,21,24)(H,22,26)/t18-/m0/s1. The highest BCUT2D eigenvalue weighted by atomic mass is 32.1. The van der Waals surface area contributed by atoms with E-state index in [4.69, 9.17) is 0 Å². The van der Waals surface area contributed by atoms with E-state index in [9.17, 15) is 23.2 Å². The Kier molecular flexibility index (Phi) is 5.22. The minimum atomic E-state index is -1.78. The van der Waals surface area contributed by atoms with Crippen molar-refractivity contribution in [3.8, 4) is 0 Å². The highest BCUT2D eigenvalue weighted by Crippen LogP contribution is 2.31. The van der Waals surface area contributed by atoms with Crippen molar-refractivity contribution in [1.82, 2.24) is 15.5 Å². The van der Waals surface area contributed by atoms with E-state index in [2.05, 4.69) is 10.6 Å². The highest BCUT2D eigenvalue weighted by molar-refractivity contribution is 7.09. The molecule has 0 spiro atoms. The highest BCUT2D eigenvalue weighted by Gasteiger charge is 2.50. The number of nitrogens with zero attached hydrogens (tertiary/aromatic N) is 1. The first-order valence-corrected chi connectivity index (χ1v) is 9.08. The minimum absolute atomic E-state index is 0.290. The molecule has 0 bridgehead atoms. The number of rotatable bonds is 6. The summed E-state index contributed by atoms with van der Waals surface area (Å²) >= 11 is 1.56. The number of imide groups is 1. The van der Waals surface area contributed by atoms with Crippen molar-refractivity contribution in [3.05, 3.63) is 57.8 Å². The van der Waals surface area contributed by atoms with Gasteiger partial charge in [0, 0.05) is 17.0 Å². The van der Waals surface area contributed by atoms with Gasteiger partial charge in [-0.05, 0) is 43.0 Å². The molecule has 1 aromatic heterocycles. The summed E-state index contributed by atoms with van der Waals surface area (Å²) in [5, 5.41) is 6.91. The van der Waals surface area contributed by atoms with E-state index in [1.807, 2.05) is 17.5 Å². The number of thiophene rings is 1. The predicted molar refractivity (Wildman–Crippen MR) is 95.0 cm³/mol. The van der Waals surface area contributed by atoms with Crippen molar-refractivity contribution < 1.29 is 23.2 Å². The zero-order valence-corrected chi connectivity index (χ0v) is 15.2. The molecule has 6 nitrogen and oxygen atoms in total. The van der Waals surface area contributed by atoms with Crippen LogP contribution in [0.3, 0.4) is 0 Å². The fourth-order valence-corrected chi connectivity index (χ4v) is 3.59. The Morgan fingerprint density at radius 2 is 2.07 bits per heavy atom. The second-order valence-electron chi connectivity index (χ2n) is 6.25. The molecule has 3 rings (SSSR count). The molecule has 0 radical (unpaired) electrons. The van der Waals surface area contributed by atoms with Gasteiger partial charge in [-0.3, -0.25) is 14.5 Å². The Hall–Kier alpha value is -2.81. The van der Waals surface area contributed by atoms with Gasteiger partial charge in [0.25, 0.3) is 5.91 Å². The third-order valence-electron chi connectivity index (χ3n) is 4.32. The van der Waals surface area contributed by atoms with Crippen molar-refractivity contribution in [2.45, 2.75) is 18.9 Å². The van der Waals surface area contributed by atoms with Crippen LogP contribution in [0.2, 0.25) is 0 Å². The third-order valence-corrected chi connectivity index (χ3v) is 5.25. The average Bonchev–Trinajstić information content (AvgIpc) is 3.20.